The quantitative estimate of drug-likeness (QED) is 0.366. The Hall–Kier alpha value is -2.81. The highest BCUT2D eigenvalue weighted by atomic mass is 16.5. The van der Waals surface area contributed by atoms with Crippen LogP contribution in [0.3, 0.4) is 0 Å². The Morgan fingerprint density at radius 2 is 1.73 bits per heavy atom. The van der Waals surface area contributed by atoms with Gasteiger partial charge in [0.05, 0.1) is 52.6 Å². The summed E-state index contributed by atoms with van der Waals surface area (Å²) in [6.45, 7) is 7.95. The summed E-state index contributed by atoms with van der Waals surface area (Å²) in [5.74, 6) is 0.821. The number of fused-ring (bicyclic) bond motifs is 1. The van der Waals surface area contributed by atoms with Crippen molar-refractivity contribution in [3.8, 4) is 11.1 Å². The van der Waals surface area contributed by atoms with Gasteiger partial charge < -0.3 is 24.8 Å². The van der Waals surface area contributed by atoms with Gasteiger partial charge in [0.15, 0.2) is 0 Å². The Labute approximate surface area is 176 Å². The van der Waals surface area contributed by atoms with E-state index < -0.39 is 0 Å². The molecule has 1 aromatic heterocycles. The van der Waals surface area contributed by atoms with Crippen LogP contribution >= 0.6 is 0 Å². The van der Waals surface area contributed by atoms with Crippen molar-refractivity contribution >= 4 is 24.1 Å². The summed E-state index contributed by atoms with van der Waals surface area (Å²) in [5, 5.41) is 6.15. The Balaban J connectivity index is 1.32. The van der Waals surface area contributed by atoms with Gasteiger partial charge in [-0.2, -0.15) is 0 Å². The first-order valence-corrected chi connectivity index (χ1v) is 10.0. The van der Waals surface area contributed by atoms with Crippen LogP contribution in [0.4, 0.5) is 11.5 Å². The van der Waals surface area contributed by atoms with Crippen LogP contribution in [0.1, 0.15) is 5.56 Å². The second-order valence-corrected chi connectivity index (χ2v) is 6.74. The Morgan fingerprint density at radius 3 is 2.53 bits per heavy atom. The molecule has 8 nitrogen and oxygen atoms in total. The molecular formula is C22H28N4O4. The minimum atomic E-state index is 0.0408. The number of ether oxygens (including phenoxy) is 3. The van der Waals surface area contributed by atoms with Crippen molar-refractivity contribution in [2.45, 2.75) is 6.42 Å². The SMILES string of the molecule is C=NCCOCCOCCOCCNc1cc(-c2ccc3c(c2)NC(=O)C3)ccn1. The lowest BCUT2D eigenvalue weighted by Gasteiger charge is -2.10. The molecule has 0 bridgehead atoms. The first kappa shape index (κ1) is 21.9. The highest BCUT2D eigenvalue weighted by Gasteiger charge is 2.17. The van der Waals surface area contributed by atoms with Gasteiger partial charge in [-0.15, -0.1) is 0 Å². The predicted molar refractivity (Wildman–Crippen MR) is 117 cm³/mol. The Bertz CT molecular complexity index is 844. The van der Waals surface area contributed by atoms with Crippen LogP contribution in [0.15, 0.2) is 41.5 Å². The molecule has 1 aromatic carbocycles. The molecule has 0 atom stereocenters. The van der Waals surface area contributed by atoms with Crippen LogP contribution < -0.4 is 10.6 Å². The van der Waals surface area contributed by atoms with Crippen molar-refractivity contribution in [1.29, 1.82) is 0 Å². The molecule has 2 aromatic rings. The second-order valence-electron chi connectivity index (χ2n) is 6.74. The molecule has 1 aliphatic heterocycles. The molecule has 1 aliphatic rings. The standard InChI is InChI=1S/C22H28N4O4/c1-23-6-8-28-10-12-30-13-11-29-9-7-25-21-15-18(4-5-24-21)17-2-3-19-16-22(27)26-20(19)14-17/h2-5,14-15H,1,6-13,16H2,(H,24,25)(H,26,27). The zero-order chi connectivity index (χ0) is 21.0. The van der Waals surface area contributed by atoms with Crippen LogP contribution in [-0.2, 0) is 25.4 Å². The van der Waals surface area contributed by atoms with Gasteiger partial charge in [0.25, 0.3) is 0 Å². The molecule has 2 heterocycles. The van der Waals surface area contributed by atoms with E-state index in [0.717, 1.165) is 28.2 Å². The number of carbonyl (C=O) groups excluding carboxylic acids is 1. The van der Waals surface area contributed by atoms with Crippen molar-refractivity contribution in [3.05, 3.63) is 42.1 Å². The van der Waals surface area contributed by atoms with Crippen LogP contribution in [0.5, 0.6) is 0 Å². The van der Waals surface area contributed by atoms with Crippen molar-refractivity contribution in [2.75, 3.05) is 63.4 Å². The van der Waals surface area contributed by atoms with E-state index in [0.29, 0.717) is 59.2 Å². The Morgan fingerprint density at radius 1 is 1.00 bits per heavy atom. The highest BCUT2D eigenvalue weighted by Crippen LogP contribution is 2.29. The monoisotopic (exact) mass is 412 g/mol. The van der Waals surface area contributed by atoms with Gasteiger partial charge in [0.2, 0.25) is 5.91 Å². The number of benzene rings is 1. The third-order valence-corrected chi connectivity index (χ3v) is 4.52. The lowest BCUT2D eigenvalue weighted by molar-refractivity contribution is -0.115. The van der Waals surface area contributed by atoms with Crippen molar-refractivity contribution < 1.29 is 19.0 Å². The Kier molecular flexibility index (Phi) is 8.77. The van der Waals surface area contributed by atoms with E-state index in [1.165, 1.54) is 0 Å². The highest BCUT2D eigenvalue weighted by molar-refractivity contribution is 6.00. The van der Waals surface area contributed by atoms with Gasteiger partial charge in [-0.25, -0.2) is 4.98 Å². The molecule has 0 saturated heterocycles. The van der Waals surface area contributed by atoms with Gasteiger partial charge >= 0.3 is 0 Å². The number of aliphatic imine (C=N–C) groups is 1. The largest absolute Gasteiger partial charge is 0.377 e. The summed E-state index contributed by atoms with van der Waals surface area (Å²) < 4.78 is 16.3. The molecule has 0 radical (unpaired) electrons. The molecule has 0 unspecified atom stereocenters. The van der Waals surface area contributed by atoms with Crippen LogP contribution in [-0.4, -0.2) is 70.3 Å². The van der Waals surface area contributed by atoms with Gasteiger partial charge in [0.1, 0.15) is 5.82 Å². The molecule has 0 saturated carbocycles. The summed E-state index contributed by atoms with van der Waals surface area (Å²) in [4.78, 5) is 19.6. The number of hydrogen-bond acceptors (Lipinski definition) is 7. The maximum Gasteiger partial charge on any atom is 0.228 e. The fourth-order valence-corrected chi connectivity index (χ4v) is 3.02. The summed E-state index contributed by atoms with van der Waals surface area (Å²) in [6.07, 6.45) is 2.22. The molecule has 0 aliphatic carbocycles. The average molecular weight is 412 g/mol. The number of pyridine rings is 1. The fourth-order valence-electron chi connectivity index (χ4n) is 3.02. The molecule has 3 rings (SSSR count). The minimum absolute atomic E-state index is 0.0408. The van der Waals surface area contributed by atoms with Crippen LogP contribution in [0.25, 0.3) is 11.1 Å². The molecule has 30 heavy (non-hydrogen) atoms. The summed E-state index contributed by atoms with van der Waals surface area (Å²) >= 11 is 0. The number of aromatic nitrogens is 1. The normalized spacial score (nSPS) is 12.5. The summed E-state index contributed by atoms with van der Waals surface area (Å²) in [7, 11) is 0. The number of carbonyl (C=O) groups is 1. The first-order chi connectivity index (χ1) is 14.8. The summed E-state index contributed by atoms with van der Waals surface area (Å²) in [6, 6.07) is 9.97. The van der Waals surface area contributed by atoms with E-state index in [9.17, 15) is 4.79 Å². The van der Waals surface area contributed by atoms with E-state index in [1.807, 2.05) is 30.3 Å². The molecular weight excluding hydrogens is 384 g/mol. The minimum Gasteiger partial charge on any atom is -0.377 e. The van der Waals surface area contributed by atoms with Gasteiger partial charge in [-0.1, -0.05) is 12.1 Å². The van der Waals surface area contributed by atoms with E-state index in [2.05, 4.69) is 27.3 Å². The lowest BCUT2D eigenvalue weighted by Crippen LogP contribution is -2.14. The number of nitrogens with zero attached hydrogens (tertiary/aromatic N) is 2. The van der Waals surface area contributed by atoms with Crippen LogP contribution in [0.2, 0.25) is 0 Å². The van der Waals surface area contributed by atoms with E-state index in [4.69, 9.17) is 14.2 Å². The maximum absolute atomic E-state index is 11.5. The van der Waals surface area contributed by atoms with Crippen molar-refractivity contribution in [2.24, 2.45) is 4.99 Å². The van der Waals surface area contributed by atoms with E-state index in [1.54, 1.807) is 6.20 Å². The number of nitrogens with one attached hydrogen (secondary N) is 2. The maximum atomic E-state index is 11.5. The number of amides is 1. The molecule has 8 heteroatoms. The predicted octanol–water partition coefficient (Wildman–Crippen LogP) is 2.41. The number of anilines is 2. The fraction of sp³-hybridized carbons (Fsp3) is 0.409. The topological polar surface area (TPSA) is 94.1 Å². The molecule has 0 spiro atoms. The number of rotatable bonds is 14. The first-order valence-electron chi connectivity index (χ1n) is 10.0. The van der Waals surface area contributed by atoms with Gasteiger partial charge in [-0.05, 0) is 41.6 Å². The average Bonchev–Trinajstić information content (AvgIpc) is 3.14. The molecule has 2 N–H and O–H groups in total. The smallest absolute Gasteiger partial charge is 0.228 e. The molecule has 160 valence electrons. The summed E-state index contributed by atoms with van der Waals surface area (Å²) in [5.41, 5.74) is 4.01. The third kappa shape index (κ3) is 6.91. The second kappa shape index (κ2) is 12.0. The van der Waals surface area contributed by atoms with E-state index >= 15 is 0 Å². The van der Waals surface area contributed by atoms with Crippen molar-refractivity contribution in [1.82, 2.24) is 4.98 Å². The third-order valence-electron chi connectivity index (χ3n) is 4.52. The van der Waals surface area contributed by atoms with Gasteiger partial charge in [0, 0.05) is 18.4 Å². The molecule has 1 amide bonds. The zero-order valence-electron chi connectivity index (χ0n) is 17.1. The lowest BCUT2D eigenvalue weighted by atomic mass is 10.0. The van der Waals surface area contributed by atoms with Crippen LogP contribution in [0, 0.1) is 0 Å². The number of hydrogen-bond donors (Lipinski definition) is 2. The van der Waals surface area contributed by atoms with E-state index in [-0.39, 0.29) is 5.91 Å². The van der Waals surface area contributed by atoms with Gasteiger partial charge in [-0.3, -0.25) is 9.79 Å². The molecule has 0 fully saturated rings. The zero-order valence-corrected chi connectivity index (χ0v) is 17.1. The van der Waals surface area contributed by atoms with Crippen molar-refractivity contribution in [3.63, 3.8) is 0 Å².